The fourth-order valence-corrected chi connectivity index (χ4v) is 4.28. The molecule has 1 aromatic carbocycles. The molecule has 28 heavy (non-hydrogen) atoms. The lowest BCUT2D eigenvalue weighted by Gasteiger charge is -2.11. The lowest BCUT2D eigenvalue weighted by atomic mass is 10.2. The van der Waals surface area contributed by atoms with Crippen LogP contribution in [0.2, 0.25) is 5.02 Å². The maximum absolute atomic E-state index is 12.8. The van der Waals surface area contributed by atoms with Gasteiger partial charge in [0.1, 0.15) is 10.6 Å². The summed E-state index contributed by atoms with van der Waals surface area (Å²) in [5, 5.41) is 13.6. The number of nitrogens with zero attached hydrogens (tertiary/aromatic N) is 4. The number of amides is 1. The van der Waals surface area contributed by atoms with Crippen LogP contribution in [0.4, 0.5) is 5.82 Å². The van der Waals surface area contributed by atoms with Crippen LogP contribution < -0.4 is 5.32 Å². The zero-order valence-electron chi connectivity index (χ0n) is 15.8. The summed E-state index contributed by atoms with van der Waals surface area (Å²) in [6.07, 6.45) is 1.69. The monoisotopic (exact) mass is 413 g/mol. The van der Waals surface area contributed by atoms with E-state index in [1.807, 2.05) is 55.8 Å². The minimum Gasteiger partial charge on any atom is -0.306 e. The topological polar surface area (TPSA) is 64.7 Å². The molecule has 0 unspecified atom stereocenters. The molecule has 144 valence electrons. The summed E-state index contributed by atoms with van der Waals surface area (Å²) in [5.74, 6) is 0.554. The van der Waals surface area contributed by atoms with Gasteiger partial charge in [0, 0.05) is 22.5 Å². The van der Waals surface area contributed by atoms with Gasteiger partial charge in [-0.15, -0.1) is 11.3 Å². The molecule has 6 nitrogen and oxygen atoms in total. The molecular weight excluding hydrogens is 394 g/mol. The quantitative estimate of drug-likeness (QED) is 0.492. The summed E-state index contributed by atoms with van der Waals surface area (Å²) < 4.78 is 3.73. The van der Waals surface area contributed by atoms with Crippen molar-refractivity contribution in [2.75, 3.05) is 5.32 Å². The van der Waals surface area contributed by atoms with Crippen molar-refractivity contribution in [3.63, 3.8) is 0 Å². The molecule has 0 aliphatic rings. The Morgan fingerprint density at radius 1 is 1.25 bits per heavy atom. The highest BCUT2D eigenvalue weighted by atomic mass is 35.5. The first-order valence-corrected chi connectivity index (χ1v) is 10.2. The highest BCUT2D eigenvalue weighted by Gasteiger charge is 2.18. The van der Waals surface area contributed by atoms with Gasteiger partial charge in [-0.3, -0.25) is 9.48 Å². The molecule has 8 heteroatoms. The zero-order chi connectivity index (χ0) is 19.8. The summed E-state index contributed by atoms with van der Waals surface area (Å²) >= 11 is 7.41. The summed E-state index contributed by atoms with van der Waals surface area (Å²) in [6, 6.07) is 11.6. The summed E-state index contributed by atoms with van der Waals surface area (Å²) in [7, 11) is 0. The maximum atomic E-state index is 12.8. The number of thiophene rings is 1. The molecular formula is C20H20ClN5OS. The van der Waals surface area contributed by atoms with Crippen molar-refractivity contribution in [2.24, 2.45) is 0 Å². The Hall–Kier alpha value is -2.64. The fraction of sp³-hybridized carbons (Fsp3) is 0.250. The highest BCUT2D eigenvalue weighted by Crippen LogP contribution is 2.29. The number of benzene rings is 1. The van der Waals surface area contributed by atoms with E-state index in [0.717, 1.165) is 21.5 Å². The summed E-state index contributed by atoms with van der Waals surface area (Å²) in [6.45, 7) is 6.64. The van der Waals surface area contributed by atoms with Crippen LogP contribution >= 0.6 is 22.9 Å². The molecule has 0 fully saturated rings. The van der Waals surface area contributed by atoms with E-state index in [2.05, 4.69) is 15.5 Å². The predicted octanol–water partition coefficient (Wildman–Crippen LogP) is 5.14. The van der Waals surface area contributed by atoms with Gasteiger partial charge in [-0.05, 0) is 44.5 Å². The minimum absolute atomic E-state index is 0.138. The van der Waals surface area contributed by atoms with Crippen molar-refractivity contribution in [3.05, 3.63) is 63.8 Å². The van der Waals surface area contributed by atoms with Crippen LogP contribution in [0.1, 0.15) is 40.8 Å². The van der Waals surface area contributed by atoms with E-state index in [0.29, 0.717) is 22.3 Å². The number of fused-ring (bicyclic) bond motifs is 1. The number of carbonyl (C=O) groups is 1. The molecule has 0 bridgehead atoms. The van der Waals surface area contributed by atoms with Gasteiger partial charge in [0.25, 0.3) is 5.91 Å². The van der Waals surface area contributed by atoms with Gasteiger partial charge >= 0.3 is 0 Å². The number of carbonyl (C=O) groups excluding carboxylic acids is 1. The Morgan fingerprint density at radius 2 is 2.00 bits per heavy atom. The van der Waals surface area contributed by atoms with Gasteiger partial charge in [0.2, 0.25) is 0 Å². The van der Waals surface area contributed by atoms with Crippen LogP contribution in [0, 0.1) is 6.92 Å². The molecule has 4 aromatic rings. The average molecular weight is 414 g/mol. The first-order valence-electron chi connectivity index (χ1n) is 8.98. The zero-order valence-corrected chi connectivity index (χ0v) is 17.4. The van der Waals surface area contributed by atoms with Crippen molar-refractivity contribution in [2.45, 2.75) is 33.4 Å². The number of halogens is 1. The molecule has 0 aliphatic heterocycles. The number of hydrogen-bond donors (Lipinski definition) is 1. The Kier molecular flexibility index (Phi) is 4.95. The third-order valence-electron chi connectivity index (χ3n) is 4.48. The normalized spacial score (nSPS) is 11.5. The van der Waals surface area contributed by atoms with Crippen molar-refractivity contribution in [1.29, 1.82) is 0 Å². The third-order valence-corrected chi connectivity index (χ3v) is 5.88. The number of aromatic nitrogens is 4. The van der Waals surface area contributed by atoms with Crippen molar-refractivity contribution < 1.29 is 4.79 Å². The van der Waals surface area contributed by atoms with E-state index < -0.39 is 0 Å². The molecule has 3 aromatic heterocycles. The minimum atomic E-state index is -0.138. The van der Waals surface area contributed by atoms with E-state index in [4.69, 9.17) is 11.6 Å². The third kappa shape index (κ3) is 3.55. The molecule has 0 spiro atoms. The number of rotatable bonds is 5. The molecule has 0 saturated heterocycles. The van der Waals surface area contributed by atoms with Crippen molar-refractivity contribution in [3.8, 4) is 0 Å². The lowest BCUT2D eigenvalue weighted by molar-refractivity contribution is 0.102. The summed E-state index contributed by atoms with van der Waals surface area (Å²) in [4.78, 5) is 14.4. The SMILES string of the molecule is Cc1nn(Cc2ccc(Cl)cc2)c2sc(C(=O)Nc3ccnn3C(C)C)cc12. The van der Waals surface area contributed by atoms with Gasteiger partial charge < -0.3 is 5.32 Å². The lowest BCUT2D eigenvalue weighted by Crippen LogP contribution is -2.15. The number of nitrogens with one attached hydrogen (secondary N) is 1. The van der Waals surface area contributed by atoms with Crippen LogP contribution in [0.25, 0.3) is 10.2 Å². The molecule has 0 atom stereocenters. The average Bonchev–Trinajstić information content (AvgIpc) is 3.35. The Balaban J connectivity index is 1.61. The number of anilines is 1. The van der Waals surface area contributed by atoms with Gasteiger partial charge in [-0.25, -0.2) is 4.68 Å². The Labute approximate surface area is 171 Å². The molecule has 0 radical (unpaired) electrons. The molecule has 1 amide bonds. The first-order chi connectivity index (χ1) is 13.4. The summed E-state index contributed by atoms with van der Waals surface area (Å²) in [5.41, 5.74) is 2.01. The van der Waals surface area contributed by atoms with Crippen LogP contribution in [0.3, 0.4) is 0 Å². The van der Waals surface area contributed by atoms with Gasteiger partial charge in [-0.2, -0.15) is 10.2 Å². The van der Waals surface area contributed by atoms with Crippen molar-refractivity contribution in [1.82, 2.24) is 19.6 Å². The number of aryl methyl sites for hydroxylation is 1. The van der Waals surface area contributed by atoms with Crippen LogP contribution in [0.15, 0.2) is 42.6 Å². The Bertz CT molecular complexity index is 1140. The molecule has 0 saturated carbocycles. The number of hydrogen-bond acceptors (Lipinski definition) is 4. The fourth-order valence-electron chi connectivity index (χ4n) is 3.10. The molecule has 0 aliphatic carbocycles. The second-order valence-corrected chi connectivity index (χ2v) is 8.37. The molecule has 4 rings (SSSR count). The van der Waals surface area contributed by atoms with Gasteiger partial charge in [-0.1, -0.05) is 23.7 Å². The first kappa shape index (κ1) is 18.7. The van der Waals surface area contributed by atoms with E-state index in [-0.39, 0.29) is 11.9 Å². The smallest absolute Gasteiger partial charge is 0.266 e. The van der Waals surface area contributed by atoms with Crippen LogP contribution in [-0.4, -0.2) is 25.5 Å². The second-order valence-electron chi connectivity index (χ2n) is 6.91. The maximum Gasteiger partial charge on any atom is 0.266 e. The molecule has 3 heterocycles. The standard InChI is InChI=1S/C20H20ClN5OS/c1-12(2)26-18(8-9-22-26)23-19(27)17-10-16-13(3)24-25(20(16)28-17)11-14-4-6-15(21)7-5-14/h4-10,12H,11H2,1-3H3,(H,23,27). The van der Waals surface area contributed by atoms with Gasteiger partial charge in [0.05, 0.1) is 23.3 Å². The molecule has 1 N–H and O–H groups in total. The van der Waals surface area contributed by atoms with E-state index in [1.165, 1.54) is 11.3 Å². The van der Waals surface area contributed by atoms with E-state index >= 15 is 0 Å². The van der Waals surface area contributed by atoms with E-state index in [9.17, 15) is 4.79 Å². The highest BCUT2D eigenvalue weighted by molar-refractivity contribution is 7.20. The Morgan fingerprint density at radius 3 is 2.71 bits per heavy atom. The predicted molar refractivity (Wildman–Crippen MR) is 113 cm³/mol. The van der Waals surface area contributed by atoms with Crippen LogP contribution in [0.5, 0.6) is 0 Å². The van der Waals surface area contributed by atoms with Gasteiger partial charge in [0.15, 0.2) is 0 Å². The van der Waals surface area contributed by atoms with Crippen molar-refractivity contribution >= 4 is 44.9 Å². The largest absolute Gasteiger partial charge is 0.306 e. The van der Waals surface area contributed by atoms with E-state index in [1.54, 1.807) is 16.9 Å². The second kappa shape index (κ2) is 7.41. The van der Waals surface area contributed by atoms with Crippen LogP contribution in [-0.2, 0) is 6.54 Å².